The number of nitrogens with one attached hydrogen (secondary N) is 1. The molecule has 1 amide bonds. The van der Waals surface area contributed by atoms with Gasteiger partial charge in [-0.25, -0.2) is 4.39 Å². The van der Waals surface area contributed by atoms with Gasteiger partial charge in [-0.1, -0.05) is 30.5 Å². The Labute approximate surface area is 116 Å². The maximum Gasteiger partial charge on any atom is 0.252 e. The van der Waals surface area contributed by atoms with Crippen LogP contribution in [0.3, 0.4) is 0 Å². The molecule has 0 atom stereocenters. The van der Waals surface area contributed by atoms with Crippen molar-refractivity contribution in [2.75, 3.05) is 13.2 Å². The van der Waals surface area contributed by atoms with E-state index in [0.29, 0.717) is 6.54 Å². The van der Waals surface area contributed by atoms with E-state index >= 15 is 0 Å². The minimum atomic E-state index is -0.605. The molecule has 1 aromatic carbocycles. The zero-order valence-electron chi connectivity index (χ0n) is 10.6. The van der Waals surface area contributed by atoms with Crippen molar-refractivity contribution in [2.45, 2.75) is 25.7 Å². The summed E-state index contributed by atoms with van der Waals surface area (Å²) >= 11 is 5.77. The van der Waals surface area contributed by atoms with Gasteiger partial charge in [-0.05, 0) is 25.0 Å². The molecule has 19 heavy (non-hydrogen) atoms. The van der Waals surface area contributed by atoms with Gasteiger partial charge in [0.05, 0.1) is 17.2 Å². The molecule has 1 saturated carbocycles. The van der Waals surface area contributed by atoms with Crippen LogP contribution >= 0.6 is 11.6 Å². The summed E-state index contributed by atoms with van der Waals surface area (Å²) < 4.78 is 13.3. The summed E-state index contributed by atoms with van der Waals surface area (Å²) in [6.07, 6.45) is 3.94. The van der Waals surface area contributed by atoms with Crippen molar-refractivity contribution >= 4 is 17.5 Å². The molecule has 2 rings (SSSR count). The van der Waals surface area contributed by atoms with E-state index < -0.39 is 11.7 Å². The average molecular weight is 286 g/mol. The van der Waals surface area contributed by atoms with Gasteiger partial charge in [0.1, 0.15) is 5.82 Å². The second-order valence-corrected chi connectivity index (χ2v) is 5.53. The topological polar surface area (TPSA) is 49.3 Å². The zero-order chi connectivity index (χ0) is 13.9. The largest absolute Gasteiger partial charge is 0.396 e. The van der Waals surface area contributed by atoms with Crippen molar-refractivity contribution in [3.8, 4) is 0 Å². The SMILES string of the molecule is O=C(NCC1(CO)CCCC1)c1cccc(F)c1Cl. The number of carbonyl (C=O) groups is 1. The van der Waals surface area contributed by atoms with Crippen LogP contribution in [0.2, 0.25) is 5.02 Å². The summed E-state index contributed by atoms with van der Waals surface area (Å²) in [6, 6.07) is 4.15. The Morgan fingerprint density at radius 3 is 2.74 bits per heavy atom. The second kappa shape index (κ2) is 5.88. The van der Waals surface area contributed by atoms with Crippen molar-refractivity contribution in [1.82, 2.24) is 5.32 Å². The van der Waals surface area contributed by atoms with Crippen LogP contribution in [0.25, 0.3) is 0 Å². The third-order valence-electron chi connectivity index (χ3n) is 3.82. The maximum absolute atomic E-state index is 13.3. The molecule has 0 radical (unpaired) electrons. The van der Waals surface area contributed by atoms with E-state index in [0.717, 1.165) is 25.7 Å². The number of hydrogen-bond donors (Lipinski definition) is 2. The van der Waals surface area contributed by atoms with Gasteiger partial charge in [-0.15, -0.1) is 0 Å². The molecule has 0 bridgehead atoms. The maximum atomic E-state index is 13.3. The fourth-order valence-corrected chi connectivity index (χ4v) is 2.77. The van der Waals surface area contributed by atoms with Gasteiger partial charge in [0.15, 0.2) is 0 Å². The monoisotopic (exact) mass is 285 g/mol. The smallest absolute Gasteiger partial charge is 0.252 e. The molecular weight excluding hydrogens is 269 g/mol. The van der Waals surface area contributed by atoms with E-state index in [1.165, 1.54) is 18.2 Å². The van der Waals surface area contributed by atoms with Crippen molar-refractivity contribution < 1.29 is 14.3 Å². The highest BCUT2D eigenvalue weighted by Gasteiger charge is 2.33. The van der Waals surface area contributed by atoms with Gasteiger partial charge < -0.3 is 10.4 Å². The molecule has 104 valence electrons. The fraction of sp³-hybridized carbons (Fsp3) is 0.500. The molecule has 0 saturated heterocycles. The number of benzene rings is 1. The number of halogens is 2. The number of carbonyl (C=O) groups excluding carboxylic acids is 1. The Bertz CT molecular complexity index is 473. The van der Waals surface area contributed by atoms with Crippen LogP contribution in [0.1, 0.15) is 36.0 Å². The Morgan fingerprint density at radius 2 is 2.11 bits per heavy atom. The summed E-state index contributed by atoms with van der Waals surface area (Å²) in [5.74, 6) is -1.00. The minimum absolute atomic E-state index is 0.0597. The Hall–Kier alpha value is -1.13. The first-order valence-corrected chi connectivity index (χ1v) is 6.79. The van der Waals surface area contributed by atoms with E-state index in [4.69, 9.17) is 11.6 Å². The lowest BCUT2D eigenvalue weighted by Gasteiger charge is -2.26. The average Bonchev–Trinajstić information content (AvgIpc) is 2.89. The van der Waals surface area contributed by atoms with Crippen molar-refractivity contribution in [3.05, 3.63) is 34.6 Å². The summed E-state index contributed by atoms with van der Waals surface area (Å²) in [5.41, 5.74) is -0.0945. The lowest BCUT2D eigenvalue weighted by molar-refractivity contribution is 0.0880. The molecule has 3 nitrogen and oxygen atoms in total. The minimum Gasteiger partial charge on any atom is -0.396 e. The van der Waals surface area contributed by atoms with Gasteiger partial charge in [0.2, 0.25) is 0 Å². The molecule has 1 aliphatic carbocycles. The van der Waals surface area contributed by atoms with E-state index in [1.54, 1.807) is 0 Å². The first kappa shape index (κ1) is 14.3. The Morgan fingerprint density at radius 1 is 1.42 bits per heavy atom. The predicted octanol–water partition coefficient (Wildman–Crippen LogP) is 2.76. The van der Waals surface area contributed by atoms with Crippen LogP contribution < -0.4 is 5.32 Å². The third-order valence-corrected chi connectivity index (χ3v) is 4.20. The van der Waals surface area contributed by atoms with Gasteiger partial charge in [0.25, 0.3) is 5.91 Å². The number of amides is 1. The normalized spacial score (nSPS) is 17.4. The highest BCUT2D eigenvalue weighted by Crippen LogP contribution is 2.37. The number of hydrogen-bond acceptors (Lipinski definition) is 2. The summed E-state index contributed by atoms with van der Waals surface area (Å²) in [7, 11) is 0. The second-order valence-electron chi connectivity index (χ2n) is 5.15. The summed E-state index contributed by atoms with van der Waals surface area (Å²) in [4.78, 5) is 12.0. The molecule has 1 aliphatic rings. The van der Waals surface area contributed by atoms with Crippen molar-refractivity contribution in [1.29, 1.82) is 0 Å². The fourth-order valence-electron chi connectivity index (χ4n) is 2.56. The lowest BCUT2D eigenvalue weighted by Crippen LogP contribution is -2.38. The third kappa shape index (κ3) is 3.07. The van der Waals surface area contributed by atoms with E-state index in [2.05, 4.69) is 5.32 Å². The predicted molar refractivity (Wildman–Crippen MR) is 71.7 cm³/mol. The molecule has 0 unspecified atom stereocenters. The summed E-state index contributed by atoms with van der Waals surface area (Å²) in [5, 5.41) is 12.0. The molecular formula is C14H17ClFNO2. The zero-order valence-corrected chi connectivity index (χ0v) is 11.3. The van der Waals surface area contributed by atoms with Gasteiger partial charge in [-0.2, -0.15) is 0 Å². The van der Waals surface area contributed by atoms with Crippen LogP contribution in [-0.2, 0) is 0 Å². The lowest BCUT2D eigenvalue weighted by atomic mass is 9.87. The molecule has 1 aromatic rings. The molecule has 0 heterocycles. The molecule has 0 spiro atoms. The van der Waals surface area contributed by atoms with Crippen molar-refractivity contribution in [2.24, 2.45) is 5.41 Å². The molecule has 5 heteroatoms. The van der Waals surface area contributed by atoms with Crippen LogP contribution in [0.5, 0.6) is 0 Å². The van der Waals surface area contributed by atoms with Crippen LogP contribution in [0, 0.1) is 11.2 Å². The van der Waals surface area contributed by atoms with Gasteiger partial charge >= 0.3 is 0 Å². The standard InChI is InChI=1S/C14H17ClFNO2/c15-12-10(4-3-5-11(12)16)13(19)17-8-14(9-18)6-1-2-7-14/h3-5,18H,1-2,6-9H2,(H,17,19). The van der Waals surface area contributed by atoms with Crippen LogP contribution in [0.4, 0.5) is 4.39 Å². The van der Waals surface area contributed by atoms with Gasteiger partial charge in [-0.3, -0.25) is 4.79 Å². The highest BCUT2D eigenvalue weighted by molar-refractivity contribution is 6.34. The molecule has 1 fully saturated rings. The van der Waals surface area contributed by atoms with E-state index in [9.17, 15) is 14.3 Å². The van der Waals surface area contributed by atoms with E-state index in [1.807, 2.05) is 0 Å². The van der Waals surface area contributed by atoms with Crippen LogP contribution in [0.15, 0.2) is 18.2 Å². The highest BCUT2D eigenvalue weighted by atomic mass is 35.5. The quantitative estimate of drug-likeness (QED) is 0.894. The number of rotatable bonds is 4. The number of aliphatic hydroxyl groups is 1. The van der Waals surface area contributed by atoms with Crippen molar-refractivity contribution in [3.63, 3.8) is 0 Å². The molecule has 0 aliphatic heterocycles. The van der Waals surface area contributed by atoms with Gasteiger partial charge in [0, 0.05) is 12.0 Å². The van der Waals surface area contributed by atoms with E-state index in [-0.39, 0.29) is 22.6 Å². The number of aliphatic hydroxyl groups excluding tert-OH is 1. The first-order chi connectivity index (χ1) is 9.08. The molecule has 0 aromatic heterocycles. The van der Waals surface area contributed by atoms with Crippen LogP contribution in [-0.4, -0.2) is 24.2 Å². The summed E-state index contributed by atoms with van der Waals surface area (Å²) in [6.45, 7) is 0.458. The Balaban J connectivity index is 2.03. The first-order valence-electron chi connectivity index (χ1n) is 6.41. The molecule has 2 N–H and O–H groups in total. The Kier molecular flexibility index (Phi) is 4.42.